The second-order valence-corrected chi connectivity index (χ2v) is 6.29. The highest BCUT2D eigenvalue weighted by Crippen LogP contribution is 2.37. The molecule has 148 valence electrons. The van der Waals surface area contributed by atoms with E-state index in [1.165, 1.54) is 29.5 Å². The van der Waals surface area contributed by atoms with E-state index in [2.05, 4.69) is 20.7 Å². The summed E-state index contributed by atoms with van der Waals surface area (Å²) in [6.07, 6.45) is 2.83. The molecule has 10 nitrogen and oxygen atoms in total. The molecular formula is C19H17N5O5. The minimum Gasteiger partial charge on any atom is -0.507 e. The Bertz CT molecular complexity index is 1050. The molecule has 2 aromatic carbocycles. The third kappa shape index (κ3) is 3.81. The van der Waals surface area contributed by atoms with Crippen LogP contribution in [0.1, 0.15) is 23.3 Å². The number of ether oxygens (including phenoxy) is 2. The van der Waals surface area contributed by atoms with Gasteiger partial charge in [-0.1, -0.05) is 0 Å². The number of hydrogen-bond acceptors (Lipinski definition) is 7. The Balaban J connectivity index is 1.41. The molecule has 3 aromatic rings. The number of amides is 2. The van der Waals surface area contributed by atoms with E-state index in [0.717, 1.165) is 0 Å². The van der Waals surface area contributed by atoms with Crippen molar-refractivity contribution in [3.05, 3.63) is 54.6 Å². The average Bonchev–Trinajstić information content (AvgIpc) is 3.39. The molecule has 0 aliphatic carbocycles. The first-order chi connectivity index (χ1) is 14.0. The molecule has 1 aromatic heterocycles. The number of phenols is 1. The van der Waals surface area contributed by atoms with Crippen LogP contribution in [0.5, 0.6) is 17.2 Å². The number of phenolic OH excluding ortho intramolecular Hbond substituents is 1. The largest absolute Gasteiger partial charge is 0.507 e. The lowest BCUT2D eigenvalue weighted by Crippen LogP contribution is -2.24. The van der Waals surface area contributed by atoms with Gasteiger partial charge in [0.15, 0.2) is 11.5 Å². The quantitative estimate of drug-likeness (QED) is 0.604. The Morgan fingerprint density at radius 2 is 1.76 bits per heavy atom. The number of aromatic nitrogens is 3. The number of nitrogens with zero attached hydrogens (tertiary/aromatic N) is 3. The second kappa shape index (κ2) is 7.50. The molecule has 2 heterocycles. The fraction of sp³-hybridized carbons (Fsp3) is 0.158. The van der Waals surface area contributed by atoms with Crippen molar-refractivity contribution in [1.29, 1.82) is 0 Å². The number of rotatable bonds is 5. The summed E-state index contributed by atoms with van der Waals surface area (Å²) < 4.78 is 11.8. The van der Waals surface area contributed by atoms with Crippen molar-refractivity contribution in [2.45, 2.75) is 13.0 Å². The highest BCUT2D eigenvalue weighted by atomic mass is 16.7. The van der Waals surface area contributed by atoms with Crippen LogP contribution in [0.15, 0.2) is 49.1 Å². The summed E-state index contributed by atoms with van der Waals surface area (Å²) in [5, 5.41) is 19.4. The molecule has 0 radical (unpaired) electrons. The number of carbonyl (C=O) groups excluding carboxylic acids is 2. The third-order valence-electron chi connectivity index (χ3n) is 4.36. The molecule has 2 amide bonds. The van der Waals surface area contributed by atoms with Gasteiger partial charge in [-0.15, -0.1) is 0 Å². The first-order valence-corrected chi connectivity index (χ1v) is 8.70. The van der Waals surface area contributed by atoms with Crippen LogP contribution in [0.4, 0.5) is 11.4 Å². The monoisotopic (exact) mass is 395 g/mol. The maximum absolute atomic E-state index is 12.5. The van der Waals surface area contributed by atoms with Crippen LogP contribution in [-0.4, -0.2) is 38.5 Å². The van der Waals surface area contributed by atoms with Gasteiger partial charge in [-0.25, -0.2) is 9.67 Å². The maximum atomic E-state index is 12.5. The van der Waals surface area contributed by atoms with Gasteiger partial charge in [0, 0.05) is 23.5 Å². The van der Waals surface area contributed by atoms with Crippen molar-refractivity contribution < 1.29 is 24.2 Å². The van der Waals surface area contributed by atoms with Crippen molar-refractivity contribution in [2.75, 3.05) is 17.4 Å². The Hall–Kier alpha value is -4.08. The summed E-state index contributed by atoms with van der Waals surface area (Å²) in [7, 11) is 0. The molecular weight excluding hydrogens is 378 g/mol. The van der Waals surface area contributed by atoms with Gasteiger partial charge in [-0.05, 0) is 31.2 Å². The van der Waals surface area contributed by atoms with Gasteiger partial charge >= 0.3 is 0 Å². The summed E-state index contributed by atoms with van der Waals surface area (Å²) in [4.78, 5) is 28.6. The van der Waals surface area contributed by atoms with E-state index in [1.807, 2.05) is 0 Å². The van der Waals surface area contributed by atoms with E-state index >= 15 is 0 Å². The molecule has 4 rings (SSSR count). The first kappa shape index (κ1) is 18.3. The SMILES string of the molecule is CC(C(=O)Nc1ccc(NC(=O)c2cc3c(cc2O)OCO3)cc1)n1cncn1. The average molecular weight is 395 g/mol. The zero-order chi connectivity index (χ0) is 20.4. The maximum Gasteiger partial charge on any atom is 0.259 e. The van der Waals surface area contributed by atoms with E-state index < -0.39 is 11.9 Å². The lowest BCUT2D eigenvalue weighted by molar-refractivity contribution is -0.119. The zero-order valence-electron chi connectivity index (χ0n) is 15.3. The highest BCUT2D eigenvalue weighted by Gasteiger charge is 2.21. The van der Waals surface area contributed by atoms with Gasteiger partial charge in [0.05, 0.1) is 5.56 Å². The van der Waals surface area contributed by atoms with Crippen LogP contribution in [0.2, 0.25) is 0 Å². The minimum atomic E-state index is -0.522. The van der Waals surface area contributed by atoms with Gasteiger partial charge in [0.2, 0.25) is 12.7 Å². The third-order valence-corrected chi connectivity index (χ3v) is 4.36. The van der Waals surface area contributed by atoms with Crippen molar-refractivity contribution in [3.63, 3.8) is 0 Å². The second-order valence-electron chi connectivity index (χ2n) is 6.29. The van der Waals surface area contributed by atoms with Crippen molar-refractivity contribution >= 4 is 23.2 Å². The molecule has 1 aliphatic heterocycles. The molecule has 0 fully saturated rings. The predicted octanol–water partition coefficient (Wildman–Crippen LogP) is 2.16. The van der Waals surface area contributed by atoms with E-state index in [0.29, 0.717) is 22.9 Å². The molecule has 29 heavy (non-hydrogen) atoms. The van der Waals surface area contributed by atoms with Crippen LogP contribution in [0, 0.1) is 0 Å². The van der Waals surface area contributed by atoms with Crippen molar-refractivity contribution in [2.24, 2.45) is 0 Å². The Morgan fingerprint density at radius 1 is 1.10 bits per heavy atom. The lowest BCUT2D eigenvalue weighted by atomic mass is 10.1. The number of carbonyl (C=O) groups is 2. The molecule has 0 saturated heterocycles. The summed E-state index contributed by atoms with van der Waals surface area (Å²) in [5.41, 5.74) is 1.12. The number of anilines is 2. The number of benzene rings is 2. The standard InChI is InChI=1S/C19H17N5O5/c1-11(24-9-20-8-21-24)18(26)22-12-2-4-13(5-3-12)23-19(27)14-6-16-17(7-15(14)25)29-10-28-16/h2-9,11,25H,10H2,1H3,(H,22,26)(H,23,27). The smallest absolute Gasteiger partial charge is 0.259 e. The van der Waals surface area contributed by atoms with Gasteiger partial charge in [0.1, 0.15) is 24.4 Å². The predicted molar refractivity (Wildman–Crippen MR) is 102 cm³/mol. The Morgan fingerprint density at radius 3 is 2.41 bits per heavy atom. The van der Waals surface area contributed by atoms with Crippen molar-refractivity contribution in [3.8, 4) is 17.2 Å². The number of aromatic hydroxyl groups is 1. The van der Waals surface area contributed by atoms with E-state index in [1.54, 1.807) is 31.2 Å². The summed E-state index contributed by atoms with van der Waals surface area (Å²) in [6, 6.07) is 8.82. The number of fused-ring (bicyclic) bond motifs is 1. The topological polar surface area (TPSA) is 128 Å². The number of nitrogens with one attached hydrogen (secondary N) is 2. The zero-order valence-corrected chi connectivity index (χ0v) is 15.3. The van der Waals surface area contributed by atoms with Gasteiger partial charge in [0.25, 0.3) is 5.91 Å². The minimum absolute atomic E-state index is 0.0442. The molecule has 0 saturated carbocycles. The molecule has 1 unspecified atom stereocenters. The van der Waals surface area contributed by atoms with Gasteiger partial charge in [-0.2, -0.15) is 5.10 Å². The van der Waals surface area contributed by atoms with Gasteiger partial charge < -0.3 is 25.2 Å². The molecule has 10 heteroatoms. The molecule has 0 bridgehead atoms. The summed E-state index contributed by atoms with van der Waals surface area (Å²) in [5.74, 6) is -0.181. The molecule has 3 N–H and O–H groups in total. The van der Waals surface area contributed by atoms with E-state index in [9.17, 15) is 14.7 Å². The molecule has 1 atom stereocenters. The Kier molecular flexibility index (Phi) is 4.73. The van der Waals surface area contributed by atoms with Crippen LogP contribution < -0.4 is 20.1 Å². The summed E-state index contributed by atoms with van der Waals surface area (Å²) in [6.45, 7) is 1.75. The number of hydrogen-bond donors (Lipinski definition) is 3. The highest BCUT2D eigenvalue weighted by molar-refractivity contribution is 6.06. The van der Waals surface area contributed by atoms with E-state index in [-0.39, 0.29) is 24.0 Å². The van der Waals surface area contributed by atoms with Gasteiger partial charge in [-0.3, -0.25) is 9.59 Å². The normalized spacial score (nSPS) is 13.0. The van der Waals surface area contributed by atoms with Crippen LogP contribution in [0.25, 0.3) is 0 Å². The van der Waals surface area contributed by atoms with Crippen LogP contribution >= 0.6 is 0 Å². The molecule has 0 spiro atoms. The fourth-order valence-electron chi connectivity index (χ4n) is 2.73. The van der Waals surface area contributed by atoms with Crippen molar-refractivity contribution in [1.82, 2.24) is 14.8 Å². The van der Waals surface area contributed by atoms with Crippen LogP contribution in [-0.2, 0) is 4.79 Å². The fourth-order valence-corrected chi connectivity index (χ4v) is 2.73. The Labute approximate surface area is 165 Å². The van der Waals surface area contributed by atoms with Crippen LogP contribution in [0.3, 0.4) is 0 Å². The first-order valence-electron chi connectivity index (χ1n) is 8.70. The molecule has 1 aliphatic rings. The van der Waals surface area contributed by atoms with E-state index in [4.69, 9.17) is 9.47 Å². The summed E-state index contributed by atoms with van der Waals surface area (Å²) >= 11 is 0. The lowest BCUT2D eigenvalue weighted by Gasteiger charge is -2.13.